The van der Waals surface area contributed by atoms with Crippen LogP contribution in [-0.2, 0) is 19.4 Å². The highest BCUT2D eigenvalue weighted by Crippen LogP contribution is 2.33. The minimum absolute atomic E-state index is 0.0435. The van der Waals surface area contributed by atoms with E-state index in [1.807, 2.05) is 95.5 Å². The van der Waals surface area contributed by atoms with Crippen molar-refractivity contribution in [1.29, 1.82) is 0 Å². The van der Waals surface area contributed by atoms with Crippen LogP contribution >= 0.6 is 11.6 Å². The number of hydrogen-bond donors (Lipinski definition) is 2. The van der Waals surface area contributed by atoms with E-state index < -0.39 is 17.6 Å². The molecule has 0 atom stereocenters. The van der Waals surface area contributed by atoms with Gasteiger partial charge in [-0.2, -0.15) is 13.2 Å². The summed E-state index contributed by atoms with van der Waals surface area (Å²) < 4.78 is 56.3. The van der Waals surface area contributed by atoms with Gasteiger partial charge in [0.25, 0.3) is 0 Å². The summed E-state index contributed by atoms with van der Waals surface area (Å²) in [6, 6.07) is 32.9. The van der Waals surface area contributed by atoms with Crippen LogP contribution in [0.4, 0.5) is 17.6 Å². The molecule has 8 rings (SSSR count). The first-order valence-electron chi connectivity index (χ1n) is 16.1. The second-order valence-electron chi connectivity index (χ2n) is 12.1. The lowest BCUT2D eigenvalue weighted by Gasteiger charge is -2.08. The van der Waals surface area contributed by atoms with Gasteiger partial charge in [-0.1, -0.05) is 60.1 Å². The molecule has 260 valence electrons. The minimum atomic E-state index is -4.64. The SMILES string of the molecule is OCc1cccc(-c2ccc3nc(-c4cc(F)cc(C(F)(F)F)c4)cn3c2)c1.OCc1cccc(-c2ccc3nc(-c4ccc(Cl)cc4)cn3c2)c1. The molecule has 0 aliphatic heterocycles. The first kappa shape index (κ1) is 34.6. The van der Waals surface area contributed by atoms with E-state index in [-0.39, 0.29) is 24.5 Å². The van der Waals surface area contributed by atoms with E-state index in [9.17, 15) is 27.8 Å². The highest BCUT2D eigenvalue weighted by molar-refractivity contribution is 6.30. The first-order chi connectivity index (χ1) is 25.1. The van der Waals surface area contributed by atoms with Gasteiger partial charge < -0.3 is 19.0 Å². The first-order valence-corrected chi connectivity index (χ1v) is 16.5. The Labute approximate surface area is 300 Å². The van der Waals surface area contributed by atoms with Crippen molar-refractivity contribution < 1.29 is 27.8 Å². The number of nitrogens with zero attached hydrogens (tertiary/aromatic N) is 4. The summed E-state index contributed by atoms with van der Waals surface area (Å²) in [5.74, 6) is -0.969. The molecule has 0 saturated heterocycles. The molecule has 6 nitrogen and oxygen atoms in total. The number of imidazole rings is 2. The molecule has 0 saturated carbocycles. The number of aromatic nitrogens is 4. The van der Waals surface area contributed by atoms with Gasteiger partial charge in [0.15, 0.2) is 0 Å². The number of benzene rings is 4. The average molecular weight is 721 g/mol. The Morgan fingerprint density at radius 3 is 1.54 bits per heavy atom. The Morgan fingerprint density at radius 2 is 1.04 bits per heavy atom. The Bertz CT molecular complexity index is 2530. The van der Waals surface area contributed by atoms with E-state index in [2.05, 4.69) is 16.2 Å². The maximum absolute atomic E-state index is 13.7. The predicted octanol–water partition coefficient (Wildman–Crippen LogP) is 10.1. The van der Waals surface area contributed by atoms with Gasteiger partial charge >= 0.3 is 6.18 Å². The molecule has 8 aromatic rings. The van der Waals surface area contributed by atoms with E-state index in [1.165, 1.54) is 0 Å². The Hall–Kier alpha value is -5.81. The van der Waals surface area contributed by atoms with Gasteiger partial charge in [-0.15, -0.1) is 0 Å². The summed E-state index contributed by atoms with van der Waals surface area (Å²) in [5.41, 5.74) is 8.16. The van der Waals surface area contributed by atoms with Crippen LogP contribution in [0.2, 0.25) is 5.02 Å². The van der Waals surface area contributed by atoms with Crippen molar-refractivity contribution in [3.8, 4) is 44.8 Å². The highest BCUT2D eigenvalue weighted by atomic mass is 35.5. The maximum Gasteiger partial charge on any atom is 0.416 e. The summed E-state index contributed by atoms with van der Waals surface area (Å²) in [6.45, 7) is -0.0334. The molecule has 0 aliphatic carbocycles. The third kappa shape index (κ3) is 7.59. The lowest BCUT2D eigenvalue weighted by molar-refractivity contribution is -0.137. The van der Waals surface area contributed by atoms with Crippen molar-refractivity contribution in [3.63, 3.8) is 0 Å². The second kappa shape index (κ2) is 14.4. The zero-order valence-corrected chi connectivity index (χ0v) is 28.0. The van der Waals surface area contributed by atoms with Crippen molar-refractivity contribution in [1.82, 2.24) is 18.8 Å². The van der Waals surface area contributed by atoms with Crippen LogP contribution in [0, 0.1) is 5.82 Å². The topological polar surface area (TPSA) is 75.1 Å². The molecule has 52 heavy (non-hydrogen) atoms. The average Bonchev–Trinajstić information content (AvgIpc) is 3.79. The van der Waals surface area contributed by atoms with Gasteiger partial charge in [0.05, 0.1) is 30.2 Å². The van der Waals surface area contributed by atoms with Crippen molar-refractivity contribution in [2.75, 3.05) is 0 Å². The molecule has 0 bridgehead atoms. The molecular weight excluding hydrogens is 692 g/mol. The minimum Gasteiger partial charge on any atom is -0.392 e. The van der Waals surface area contributed by atoms with Gasteiger partial charge in [0, 0.05) is 40.9 Å². The third-order valence-corrected chi connectivity index (χ3v) is 8.70. The van der Waals surface area contributed by atoms with Crippen LogP contribution in [0.5, 0.6) is 0 Å². The Morgan fingerprint density at radius 1 is 0.538 bits per heavy atom. The van der Waals surface area contributed by atoms with E-state index in [0.717, 1.165) is 62.4 Å². The van der Waals surface area contributed by atoms with Crippen molar-refractivity contribution in [2.45, 2.75) is 19.4 Å². The fraction of sp³-hybridized carbons (Fsp3) is 0.0732. The zero-order chi connectivity index (χ0) is 36.4. The number of alkyl halides is 3. The summed E-state index contributed by atoms with van der Waals surface area (Å²) in [7, 11) is 0. The van der Waals surface area contributed by atoms with Crippen LogP contribution in [0.25, 0.3) is 56.1 Å². The molecule has 0 unspecified atom stereocenters. The van der Waals surface area contributed by atoms with E-state index in [0.29, 0.717) is 16.7 Å². The summed E-state index contributed by atoms with van der Waals surface area (Å²) >= 11 is 5.95. The largest absolute Gasteiger partial charge is 0.416 e. The van der Waals surface area contributed by atoms with E-state index in [1.54, 1.807) is 28.9 Å². The number of rotatable bonds is 6. The van der Waals surface area contributed by atoms with Crippen molar-refractivity contribution in [2.24, 2.45) is 0 Å². The lowest BCUT2D eigenvalue weighted by atomic mass is 10.1. The Balaban J connectivity index is 0.000000164. The van der Waals surface area contributed by atoms with E-state index >= 15 is 0 Å². The number of fused-ring (bicyclic) bond motifs is 2. The second-order valence-corrected chi connectivity index (χ2v) is 12.5. The van der Waals surface area contributed by atoms with Crippen molar-refractivity contribution in [3.05, 3.63) is 168 Å². The molecule has 0 spiro atoms. The lowest BCUT2D eigenvalue weighted by Crippen LogP contribution is -2.05. The van der Waals surface area contributed by atoms with Crippen molar-refractivity contribution >= 4 is 22.9 Å². The van der Waals surface area contributed by atoms with Crippen LogP contribution in [0.3, 0.4) is 0 Å². The number of aliphatic hydroxyl groups is 2. The summed E-state index contributed by atoms with van der Waals surface area (Å²) in [5, 5.41) is 19.3. The number of halogens is 5. The molecule has 4 aromatic carbocycles. The fourth-order valence-electron chi connectivity index (χ4n) is 5.82. The van der Waals surface area contributed by atoms with Gasteiger partial charge in [-0.05, 0) is 100 Å². The molecular formula is C41H29ClF4N4O2. The molecule has 0 fully saturated rings. The summed E-state index contributed by atoms with van der Waals surface area (Å²) in [4.78, 5) is 8.97. The standard InChI is InChI=1S/C21H14F4N2O.C20H15ClN2O/c22-18-8-16(7-17(9-18)21(23,24)25)19-11-27-10-15(4-5-20(27)26-19)14-3-1-2-13(6-14)12-28;21-18-7-4-15(5-8-18)19-12-23-11-17(6-9-20(23)22-19)16-3-1-2-14(10-16)13-24/h1-11,28H,12H2;1-12,24H,13H2. The third-order valence-electron chi connectivity index (χ3n) is 8.45. The fourth-order valence-corrected chi connectivity index (χ4v) is 5.95. The van der Waals surface area contributed by atoms with Gasteiger partial charge in [-0.25, -0.2) is 14.4 Å². The van der Waals surface area contributed by atoms with Gasteiger partial charge in [0.1, 0.15) is 17.1 Å². The molecule has 0 radical (unpaired) electrons. The number of pyridine rings is 2. The Kier molecular flexibility index (Phi) is 9.61. The highest BCUT2D eigenvalue weighted by Gasteiger charge is 2.31. The zero-order valence-electron chi connectivity index (χ0n) is 27.3. The van der Waals surface area contributed by atoms with Crippen LogP contribution in [0.1, 0.15) is 16.7 Å². The maximum atomic E-state index is 13.7. The summed E-state index contributed by atoms with van der Waals surface area (Å²) in [6.07, 6.45) is 2.77. The monoisotopic (exact) mass is 720 g/mol. The molecule has 0 aliphatic rings. The van der Waals surface area contributed by atoms with Gasteiger partial charge in [-0.3, -0.25) is 0 Å². The van der Waals surface area contributed by atoms with Crippen LogP contribution < -0.4 is 0 Å². The quantitative estimate of drug-likeness (QED) is 0.168. The number of hydrogen-bond acceptors (Lipinski definition) is 4. The number of aliphatic hydroxyl groups excluding tert-OH is 2. The molecule has 0 amide bonds. The van der Waals surface area contributed by atoms with Crippen LogP contribution in [0.15, 0.2) is 140 Å². The van der Waals surface area contributed by atoms with Crippen LogP contribution in [-0.4, -0.2) is 29.0 Å². The molecule has 2 N–H and O–H groups in total. The van der Waals surface area contributed by atoms with E-state index in [4.69, 9.17) is 11.6 Å². The predicted molar refractivity (Wildman–Crippen MR) is 194 cm³/mol. The van der Waals surface area contributed by atoms with Gasteiger partial charge in [0.2, 0.25) is 0 Å². The normalized spacial score (nSPS) is 11.5. The smallest absolute Gasteiger partial charge is 0.392 e. The molecule has 4 aromatic heterocycles. The molecule has 11 heteroatoms. The molecule has 4 heterocycles.